The third kappa shape index (κ3) is 2.98. The highest BCUT2D eigenvalue weighted by Crippen LogP contribution is 2.16. The molecule has 5 nitrogen and oxygen atoms in total. The molecule has 0 unspecified atom stereocenters. The largest absolute Gasteiger partial charge is 0.496 e. The van der Waals surface area contributed by atoms with Crippen LogP contribution in [0.4, 0.5) is 0 Å². The Morgan fingerprint density at radius 2 is 1.87 bits per heavy atom. The van der Waals surface area contributed by atoms with E-state index in [-0.39, 0.29) is 5.91 Å². The maximum atomic E-state index is 11.5. The molecule has 0 saturated carbocycles. The van der Waals surface area contributed by atoms with E-state index in [1.165, 1.54) is 14.0 Å². The van der Waals surface area contributed by atoms with Crippen LogP contribution in [0.5, 0.6) is 5.75 Å². The Bertz CT molecular complexity index is 377. The van der Waals surface area contributed by atoms with Crippen LogP contribution in [0.3, 0.4) is 0 Å². The summed E-state index contributed by atoms with van der Waals surface area (Å²) in [7, 11) is 1.48. The number of hydrazine groups is 1. The van der Waals surface area contributed by atoms with E-state index in [2.05, 4.69) is 10.9 Å². The molecule has 0 aliphatic rings. The van der Waals surface area contributed by atoms with Gasteiger partial charge < -0.3 is 4.74 Å². The summed E-state index contributed by atoms with van der Waals surface area (Å²) in [5.41, 5.74) is 4.82. The Morgan fingerprint density at radius 1 is 1.20 bits per heavy atom. The minimum Gasteiger partial charge on any atom is -0.496 e. The number of hydrogen-bond donors (Lipinski definition) is 2. The number of hydrogen-bond acceptors (Lipinski definition) is 3. The molecule has 2 amide bonds. The van der Waals surface area contributed by atoms with Crippen LogP contribution in [-0.4, -0.2) is 18.9 Å². The molecule has 1 aromatic rings. The summed E-state index contributed by atoms with van der Waals surface area (Å²) < 4.78 is 5.00. The summed E-state index contributed by atoms with van der Waals surface area (Å²) in [5.74, 6) is -0.291. The summed E-state index contributed by atoms with van der Waals surface area (Å²) in [4.78, 5) is 22.1. The molecule has 0 radical (unpaired) electrons. The summed E-state index contributed by atoms with van der Waals surface area (Å²) in [6, 6.07) is 6.75. The Balaban J connectivity index is 2.77. The highest BCUT2D eigenvalue weighted by molar-refractivity contribution is 5.97. The van der Waals surface area contributed by atoms with Crippen molar-refractivity contribution < 1.29 is 14.3 Å². The van der Waals surface area contributed by atoms with Gasteiger partial charge in [-0.25, -0.2) is 0 Å². The zero-order chi connectivity index (χ0) is 11.3. The van der Waals surface area contributed by atoms with Crippen molar-refractivity contribution in [3.63, 3.8) is 0 Å². The number of ether oxygens (including phenoxy) is 1. The molecule has 0 aliphatic carbocycles. The van der Waals surface area contributed by atoms with Crippen molar-refractivity contribution >= 4 is 11.8 Å². The smallest absolute Gasteiger partial charge is 0.273 e. The van der Waals surface area contributed by atoms with Crippen LogP contribution in [0.15, 0.2) is 24.3 Å². The fourth-order valence-corrected chi connectivity index (χ4v) is 1.04. The Morgan fingerprint density at radius 3 is 2.47 bits per heavy atom. The highest BCUT2D eigenvalue weighted by Gasteiger charge is 2.10. The number of carbonyl (C=O) groups is 2. The van der Waals surface area contributed by atoms with Crippen molar-refractivity contribution in [2.45, 2.75) is 6.92 Å². The molecule has 0 atom stereocenters. The Hall–Kier alpha value is -2.04. The van der Waals surface area contributed by atoms with E-state index >= 15 is 0 Å². The molecular weight excluding hydrogens is 196 g/mol. The van der Waals surface area contributed by atoms with Crippen LogP contribution in [0, 0.1) is 0 Å². The minimum atomic E-state index is -0.414. The number of amides is 2. The molecule has 0 fully saturated rings. The SMILES string of the molecule is COc1ccccc1C(=O)NNC(C)=O. The van der Waals surface area contributed by atoms with Gasteiger partial charge in [-0.05, 0) is 12.1 Å². The first-order valence-electron chi connectivity index (χ1n) is 4.35. The first kappa shape index (κ1) is 11.0. The van der Waals surface area contributed by atoms with Crippen molar-refractivity contribution in [2.24, 2.45) is 0 Å². The molecule has 0 heterocycles. The molecule has 80 valence electrons. The second kappa shape index (κ2) is 4.99. The van der Waals surface area contributed by atoms with E-state index in [9.17, 15) is 9.59 Å². The van der Waals surface area contributed by atoms with Crippen molar-refractivity contribution in [1.29, 1.82) is 0 Å². The summed E-state index contributed by atoms with van der Waals surface area (Å²) >= 11 is 0. The molecule has 15 heavy (non-hydrogen) atoms. The summed E-state index contributed by atoms with van der Waals surface area (Å²) in [6.07, 6.45) is 0. The van der Waals surface area contributed by atoms with Gasteiger partial charge in [0.1, 0.15) is 5.75 Å². The molecule has 2 N–H and O–H groups in total. The highest BCUT2D eigenvalue weighted by atomic mass is 16.5. The Labute approximate surface area is 87.4 Å². The molecular formula is C10H12N2O3. The molecule has 0 bridgehead atoms. The monoisotopic (exact) mass is 208 g/mol. The lowest BCUT2D eigenvalue weighted by atomic mass is 10.2. The predicted octanol–water partition coefficient (Wildman–Crippen LogP) is 0.476. The van der Waals surface area contributed by atoms with E-state index < -0.39 is 5.91 Å². The standard InChI is InChI=1S/C10H12N2O3/c1-7(13)11-12-10(14)8-5-3-4-6-9(8)15-2/h3-6H,1-2H3,(H,11,13)(H,12,14). The van der Waals surface area contributed by atoms with E-state index in [1.807, 2.05) is 0 Å². The van der Waals surface area contributed by atoms with Crippen molar-refractivity contribution in [2.75, 3.05) is 7.11 Å². The minimum absolute atomic E-state index is 0.335. The van der Waals surface area contributed by atoms with Gasteiger partial charge in [-0.15, -0.1) is 0 Å². The van der Waals surface area contributed by atoms with Gasteiger partial charge in [-0.3, -0.25) is 20.4 Å². The number of methoxy groups -OCH3 is 1. The summed E-state index contributed by atoms with van der Waals surface area (Å²) in [5, 5.41) is 0. The summed E-state index contributed by atoms with van der Waals surface area (Å²) in [6.45, 7) is 1.31. The third-order valence-electron chi connectivity index (χ3n) is 1.70. The van der Waals surface area contributed by atoms with Crippen LogP contribution in [0.25, 0.3) is 0 Å². The lowest BCUT2D eigenvalue weighted by Crippen LogP contribution is -2.40. The van der Waals surface area contributed by atoms with Crippen LogP contribution < -0.4 is 15.6 Å². The Kier molecular flexibility index (Phi) is 3.68. The van der Waals surface area contributed by atoms with Crippen LogP contribution >= 0.6 is 0 Å². The average molecular weight is 208 g/mol. The molecule has 5 heteroatoms. The normalized spacial score (nSPS) is 9.20. The van der Waals surface area contributed by atoms with Crippen molar-refractivity contribution in [1.82, 2.24) is 10.9 Å². The number of rotatable bonds is 2. The van der Waals surface area contributed by atoms with Crippen molar-refractivity contribution in [3.05, 3.63) is 29.8 Å². The van der Waals surface area contributed by atoms with E-state index in [4.69, 9.17) is 4.74 Å². The molecule has 1 rings (SSSR count). The van der Waals surface area contributed by atoms with Gasteiger partial charge in [0.2, 0.25) is 5.91 Å². The van der Waals surface area contributed by atoms with Gasteiger partial charge >= 0.3 is 0 Å². The van der Waals surface area contributed by atoms with Gasteiger partial charge in [0.05, 0.1) is 12.7 Å². The zero-order valence-electron chi connectivity index (χ0n) is 8.53. The van der Waals surface area contributed by atoms with Gasteiger partial charge in [0.15, 0.2) is 0 Å². The van der Waals surface area contributed by atoms with E-state index in [1.54, 1.807) is 24.3 Å². The topological polar surface area (TPSA) is 67.4 Å². The quantitative estimate of drug-likeness (QED) is 0.694. The number of benzene rings is 1. The first-order chi connectivity index (χ1) is 7.15. The molecule has 0 saturated heterocycles. The number of carbonyl (C=O) groups excluding carboxylic acids is 2. The molecule has 0 spiro atoms. The molecule has 0 aliphatic heterocycles. The first-order valence-corrected chi connectivity index (χ1v) is 4.35. The van der Waals surface area contributed by atoms with E-state index in [0.717, 1.165) is 0 Å². The zero-order valence-corrected chi connectivity index (χ0v) is 8.53. The van der Waals surface area contributed by atoms with Crippen LogP contribution in [0.2, 0.25) is 0 Å². The maximum Gasteiger partial charge on any atom is 0.273 e. The predicted molar refractivity (Wildman–Crippen MR) is 54.3 cm³/mol. The second-order valence-electron chi connectivity index (χ2n) is 2.84. The van der Waals surface area contributed by atoms with E-state index in [0.29, 0.717) is 11.3 Å². The fourth-order valence-electron chi connectivity index (χ4n) is 1.04. The van der Waals surface area contributed by atoms with Gasteiger partial charge in [-0.2, -0.15) is 0 Å². The lowest BCUT2D eigenvalue weighted by molar-refractivity contribution is -0.119. The molecule has 1 aromatic carbocycles. The maximum absolute atomic E-state index is 11.5. The van der Waals surface area contributed by atoms with Crippen LogP contribution in [-0.2, 0) is 4.79 Å². The molecule has 0 aromatic heterocycles. The van der Waals surface area contributed by atoms with Gasteiger partial charge in [0.25, 0.3) is 5.91 Å². The third-order valence-corrected chi connectivity index (χ3v) is 1.70. The number of para-hydroxylation sites is 1. The average Bonchev–Trinajstić information content (AvgIpc) is 2.25. The number of nitrogens with one attached hydrogen (secondary N) is 2. The van der Waals surface area contributed by atoms with Crippen molar-refractivity contribution in [3.8, 4) is 5.75 Å². The second-order valence-corrected chi connectivity index (χ2v) is 2.84. The van der Waals surface area contributed by atoms with Crippen LogP contribution in [0.1, 0.15) is 17.3 Å². The van der Waals surface area contributed by atoms with Gasteiger partial charge in [-0.1, -0.05) is 12.1 Å². The fraction of sp³-hybridized carbons (Fsp3) is 0.200. The lowest BCUT2D eigenvalue weighted by Gasteiger charge is -2.08. The van der Waals surface area contributed by atoms with Gasteiger partial charge in [0, 0.05) is 6.92 Å².